The van der Waals surface area contributed by atoms with Crippen LogP contribution in [0, 0.1) is 0 Å². The van der Waals surface area contributed by atoms with E-state index >= 15 is 0 Å². The van der Waals surface area contributed by atoms with Gasteiger partial charge in [0.15, 0.2) is 0 Å². The topological polar surface area (TPSA) is 15.7 Å². The first-order valence-corrected chi connectivity index (χ1v) is 21.3. The molecule has 0 atom stereocenters. The van der Waals surface area contributed by atoms with Crippen molar-refractivity contribution in [3.05, 3.63) is 230 Å². The molecule has 0 saturated carbocycles. The van der Waals surface area contributed by atoms with E-state index in [0.717, 1.165) is 46.1 Å². The van der Waals surface area contributed by atoms with Gasteiger partial charge >= 0.3 is 0 Å². The Kier molecular flexibility index (Phi) is 11.5. The van der Waals surface area contributed by atoms with Crippen molar-refractivity contribution >= 4 is 45.5 Å². The number of methoxy groups -OCH3 is 1. The van der Waals surface area contributed by atoms with Crippen molar-refractivity contribution in [2.24, 2.45) is 0 Å². The number of aryl methyl sites for hydroxylation is 1. The highest BCUT2D eigenvalue weighted by atomic mass is 32.1. The van der Waals surface area contributed by atoms with Crippen LogP contribution in [-0.4, -0.2) is 7.11 Å². The van der Waals surface area contributed by atoms with Gasteiger partial charge in [0.05, 0.1) is 6.61 Å². The molecule has 0 aliphatic heterocycles. The Balaban J connectivity index is 0.973. The first-order chi connectivity index (χ1) is 29.6. The van der Waals surface area contributed by atoms with E-state index in [2.05, 4.69) is 235 Å². The summed E-state index contributed by atoms with van der Waals surface area (Å²) in [6.45, 7) is 2.79. The Morgan fingerprint density at radius 2 is 0.633 bits per heavy atom. The van der Waals surface area contributed by atoms with E-state index in [1.807, 2.05) is 11.3 Å². The summed E-state index contributed by atoms with van der Waals surface area (Å²) < 4.78 is 5.39. The highest BCUT2D eigenvalue weighted by Crippen LogP contribution is 2.41. The Morgan fingerprint density at radius 1 is 0.333 bits per heavy atom. The minimum Gasteiger partial charge on any atom is -0.380 e. The highest BCUT2D eigenvalue weighted by Gasteiger charge is 2.16. The zero-order chi connectivity index (χ0) is 40.7. The summed E-state index contributed by atoms with van der Waals surface area (Å²) >= 11 is 1.82. The van der Waals surface area contributed by atoms with Crippen molar-refractivity contribution in [1.29, 1.82) is 0 Å². The van der Waals surface area contributed by atoms with Crippen LogP contribution in [0.3, 0.4) is 0 Å². The summed E-state index contributed by atoms with van der Waals surface area (Å²) in [6, 6.07) is 78.7. The fourth-order valence-corrected chi connectivity index (χ4v) is 8.76. The van der Waals surface area contributed by atoms with Crippen molar-refractivity contribution in [2.75, 3.05) is 16.9 Å². The third-order valence-electron chi connectivity index (χ3n) is 11.0. The molecule has 292 valence electrons. The molecule has 60 heavy (non-hydrogen) atoms. The molecule has 0 radical (unpaired) electrons. The maximum absolute atomic E-state index is 5.39. The molecular formula is C56H46N2OS. The first-order valence-electron chi connectivity index (χ1n) is 20.5. The molecule has 3 nitrogen and oxygen atoms in total. The van der Waals surface area contributed by atoms with Crippen molar-refractivity contribution in [3.63, 3.8) is 0 Å². The van der Waals surface area contributed by atoms with Crippen molar-refractivity contribution < 1.29 is 4.74 Å². The first kappa shape index (κ1) is 38.5. The lowest BCUT2D eigenvalue weighted by Crippen LogP contribution is -2.10. The van der Waals surface area contributed by atoms with Crippen LogP contribution in [-0.2, 0) is 17.8 Å². The molecule has 0 N–H and O–H groups in total. The lowest BCUT2D eigenvalue weighted by molar-refractivity contribution is 0.185. The van der Waals surface area contributed by atoms with Gasteiger partial charge in [-0.05, 0) is 136 Å². The van der Waals surface area contributed by atoms with Crippen LogP contribution in [0.15, 0.2) is 218 Å². The molecule has 0 saturated heterocycles. The van der Waals surface area contributed by atoms with Crippen LogP contribution in [0.5, 0.6) is 0 Å². The van der Waals surface area contributed by atoms with Crippen LogP contribution >= 0.6 is 11.3 Å². The van der Waals surface area contributed by atoms with Gasteiger partial charge in [0.25, 0.3) is 0 Å². The van der Waals surface area contributed by atoms with Crippen LogP contribution in [0.25, 0.3) is 43.1 Å². The molecule has 1 aromatic heterocycles. The van der Waals surface area contributed by atoms with E-state index in [1.165, 1.54) is 48.7 Å². The summed E-state index contributed by atoms with van der Waals surface area (Å²) in [4.78, 5) is 7.13. The second kappa shape index (κ2) is 17.9. The summed E-state index contributed by atoms with van der Waals surface area (Å²) in [7, 11) is 1.73. The largest absolute Gasteiger partial charge is 0.380 e. The Labute approximate surface area is 358 Å². The van der Waals surface area contributed by atoms with Crippen molar-refractivity contribution in [2.45, 2.75) is 20.0 Å². The maximum atomic E-state index is 5.39. The van der Waals surface area contributed by atoms with Crippen LogP contribution in [0.1, 0.15) is 18.1 Å². The second-order valence-electron chi connectivity index (χ2n) is 14.9. The number of anilines is 6. The minimum atomic E-state index is 0.587. The number of hydrogen-bond donors (Lipinski definition) is 0. The summed E-state index contributed by atoms with van der Waals surface area (Å²) in [5, 5.41) is 0. The Bertz CT molecular complexity index is 2740. The van der Waals surface area contributed by atoms with Gasteiger partial charge in [0.1, 0.15) is 0 Å². The zero-order valence-corrected chi connectivity index (χ0v) is 34.7. The molecule has 0 aliphatic carbocycles. The van der Waals surface area contributed by atoms with E-state index in [-0.39, 0.29) is 0 Å². The number of nitrogens with zero attached hydrogens (tertiary/aromatic N) is 2. The zero-order valence-electron chi connectivity index (χ0n) is 33.9. The van der Waals surface area contributed by atoms with E-state index < -0.39 is 0 Å². The lowest BCUT2D eigenvalue weighted by atomic mass is 10.0. The number of thiophene rings is 1. The monoisotopic (exact) mass is 794 g/mol. The third-order valence-corrected chi connectivity index (χ3v) is 12.2. The Morgan fingerprint density at radius 3 is 0.967 bits per heavy atom. The molecule has 0 aliphatic rings. The molecule has 0 bridgehead atoms. The van der Waals surface area contributed by atoms with Gasteiger partial charge in [-0.2, -0.15) is 0 Å². The third kappa shape index (κ3) is 8.43. The van der Waals surface area contributed by atoms with E-state index in [0.29, 0.717) is 6.61 Å². The van der Waals surface area contributed by atoms with Crippen LogP contribution in [0.4, 0.5) is 34.1 Å². The van der Waals surface area contributed by atoms with Gasteiger partial charge in [-0.25, -0.2) is 0 Å². The molecule has 0 fully saturated rings. The highest BCUT2D eigenvalue weighted by molar-refractivity contribution is 7.18. The van der Waals surface area contributed by atoms with Gasteiger partial charge in [-0.15, -0.1) is 11.3 Å². The van der Waals surface area contributed by atoms with Crippen molar-refractivity contribution in [3.8, 4) is 43.1 Å². The van der Waals surface area contributed by atoms with E-state index in [9.17, 15) is 0 Å². The molecular weight excluding hydrogens is 749 g/mol. The quantitative estimate of drug-likeness (QED) is 0.116. The lowest BCUT2D eigenvalue weighted by Gasteiger charge is -2.26. The minimum absolute atomic E-state index is 0.587. The predicted molar refractivity (Wildman–Crippen MR) is 256 cm³/mol. The number of rotatable bonds is 13. The number of ether oxygens (including phenoxy) is 1. The molecule has 8 aromatic carbocycles. The standard InChI is InChI=1S/C56H46N2OS/c1-3-41-14-26-49(27-15-41)57(51-30-18-45(19-31-51)43-10-6-4-7-11-43)53-34-22-47(23-35-53)55-38-39-56(60-55)48-24-36-54(37-25-48)58(50-28-16-42(17-29-50)40-59-2)52-32-20-46(21-33-52)44-12-8-5-9-13-44/h4-39H,3,40H2,1-2H3. The molecule has 0 unspecified atom stereocenters. The molecule has 1 heterocycles. The van der Waals surface area contributed by atoms with Gasteiger partial charge < -0.3 is 14.5 Å². The smallest absolute Gasteiger partial charge is 0.0713 e. The van der Waals surface area contributed by atoms with Crippen molar-refractivity contribution in [1.82, 2.24) is 0 Å². The fourth-order valence-electron chi connectivity index (χ4n) is 7.75. The SMILES string of the molecule is CCc1ccc(N(c2ccc(-c3ccccc3)cc2)c2ccc(-c3ccc(-c4ccc(N(c5ccc(COC)cc5)c5ccc(-c6ccccc6)cc5)cc4)s3)cc2)cc1. The maximum Gasteiger partial charge on any atom is 0.0713 e. The molecule has 4 heteroatoms. The summed E-state index contributed by atoms with van der Waals surface area (Å²) in [6.07, 6.45) is 1.01. The molecule has 9 aromatic rings. The van der Waals surface area contributed by atoms with Crippen LogP contribution in [0.2, 0.25) is 0 Å². The fraction of sp³-hybridized carbons (Fsp3) is 0.0714. The van der Waals surface area contributed by atoms with Gasteiger partial charge in [0, 0.05) is 51.0 Å². The number of hydrogen-bond acceptors (Lipinski definition) is 4. The molecule has 9 rings (SSSR count). The second-order valence-corrected chi connectivity index (χ2v) is 16.0. The van der Waals surface area contributed by atoms with Gasteiger partial charge in [-0.1, -0.05) is 140 Å². The van der Waals surface area contributed by atoms with E-state index in [1.54, 1.807) is 7.11 Å². The Hall–Kier alpha value is -6.98. The predicted octanol–water partition coefficient (Wildman–Crippen LogP) is 16.1. The number of benzene rings is 8. The average molecular weight is 795 g/mol. The van der Waals surface area contributed by atoms with Gasteiger partial charge in [-0.3, -0.25) is 0 Å². The van der Waals surface area contributed by atoms with Crippen LogP contribution < -0.4 is 9.80 Å². The molecule has 0 amide bonds. The summed E-state index contributed by atoms with van der Waals surface area (Å²) in [5.41, 5.74) is 16.4. The average Bonchev–Trinajstić information content (AvgIpc) is 3.82. The van der Waals surface area contributed by atoms with E-state index in [4.69, 9.17) is 4.74 Å². The summed E-state index contributed by atoms with van der Waals surface area (Å²) in [5.74, 6) is 0. The normalized spacial score (nSPS) is 11.0. The molecule has 0 spiro atoms. The van der Waals surface area contributed by atoms with Gasteiger partial charge in [0.2, 0.25) is 0 Å².